The van der Waals surface area contributed by atoms with Crippen molar-refractivity contribution in [2.45, 2.75) is 0 Å². The third kappa shape index (κ3) is 328. The third-order valence-electron chi connectivity index (χ3n) is 0. The quantitative estimate of drug-likeness (QED) is 0.277. The lowest BCUT2D eigenvalue weighted by Crippen LogP contribution is -2.13. The maximum Gasteiger partial charge on any atom is 0.308 e. The van der Waals surface area contributed by atoms with Crippen molar-refractivity contribution in [3.63, 3.8) is 0 Å². The molecule has 0 aromatic rings. The van der Waals surface area contributed by atoms with E-state index in [4.69, 9.17) is 13.2 Å². The molecule has 0 radical (unpaired) electrons. The SMILES string of the molecule is CNN.N=S(=O)=O. The maximum absolute atomic E-state index is 8.67. The molecule has 0 aliphatic heterocycles. The minimum absolute atomic E-state index is 1.65. The standard InChI is InChI=1S/CH6N2.HNO2S/c1-3-2;1-4(2)3/h3H,2H2,1H3;1H. The van der Waals surface area contributed by atoms with Crippen molar-refractivity contribution in [2.24, 2.45) is 5.84 Å². The fourth-order valence-corrected chi connectivity index (χ4v) is 0. The highest BCUT2D eigenvalue weighted by molar-refractivity contribution is 7.60. The van der Waals surface area contributed by atoms with Crippen molar-refractivity contribution in [3.8, 4) is 0 Å². The molecule has 5 nitrogen and oxygen atoms in total. The van der Waals surface area contributed by atoms with E-state index in [1.165, 1.54) is 0 Å². The van der Waals surface area contributed by atoms with Gasteiger partial charge in [0.1, 0.15) is 0 Å². The van der Waals surface area contributed by atoms with Gasteiger partial charge < -0.3 is 0 Å². The Morgan fingerprint density at radius 2 is 1.71 bits per heavy atom. The topological polar surface area (TPSA) is 96.0 Å². The number of nitrogens with two attached hydrogens (primary N) is 1. The largest absolute Gasteiger partial charge is 0.308 e. The molecule has 0 unspecified atom stereocenters. The predicted molar refractivity (Wildman–Crippen MR) is 24.9 cm³/mol. The van der Waals surface area contributed by atoms with E-state index in [0.29, 0.717) is 0 Å². The lowest BCUT2D eigenvalue weighted by atomic mass is 11.5. The molecule has 44 valence electrons. The molecule has 6 heteroatoms. The summed E-state index contributed by atoms with van der Waals surface area (Å²) in [4.78, 5) is 0. The fourth-order valence-electron chi connectivity index (χ4n) is 0. The summed E-state index contributed by atoms with van der Waals surface area (Å²) in [6.45, 7) is 0. The Hall–Kier alpha value is -0.460. The molecule has 4 N–H and O–H groups in total. The Labute approximate surface area is 43.0 Å². The van der Waals surface area contributed by atoms with Crippen LogP contribution in [0.25, 0.3) is 0 Å². The first-order valence-corrected chi connectivity index (χ1v) is 2.40. The Balaban J connectivity index is 0. The van der Waals surface area contributed by atoms with Crippen molar-refractivity contribution < 1.29 is 8.42 Å². The number of hydrazine groups is 1. The van der Waals surface area contributed by atoms with Crippen LogP contribution in [0.5, 0.6) is 0 Å². The Bertz CT molecular complexity index is 93.1. The molecule has 0 rings (SSSR count). The smallest absolute Gasteiger partial charge is 0.272 e. The first-order valence-electron chi connectivity index (χ1n) is 1.33. The normalized spacial score (nSPS) is 6.00. The van der Waals surface area contributed by atoms with Gasteiger partial charge in [0.05, 0.1) is 0 Å². The monoisotopic (exact) mass is 125 g/mol. The first-order chi connectivity index (χ1) is 3.15. The molecule has 7 heavy (non-hydrogen) atoms. The molecule has 0 saturated heterocycles. The number of hydrogen-bond acceptors (Lipinski definition) is 5. The van der Waals surface area contributed by atoms with Crippen LogP contribution in [-0.2, 0) is 10.5 Å². The van der Waals surface area contributed by atoms with E-state index in [-0.39, 0.29) is 0 Å². The summed E-state index contributed by atoms with van der Waals surface area (Å²) in [6, 6.07) is 0. The van der Waals surface area contributed by atoms with Gasteiger partial charge in [0.15, 0.2) is 0 Å². The van der Waals surface area contributed by atoms with Gasteiger partial charge in [-0.05, 0) is 7.05 Å². The molecular formula is CH7N3O2S. The summed E-state index contributed by atoms with van der Waals surface area (Å²) in [7, 11) is -0.958. The second-order valence-electron chi connectivity index (χ2n) is 0.523. The Kier molecular flexibility index (Phi) is 12.7. The molecule has 0 saturated carbocycles. The average molecular weight is 125 g/mol. The van der Waals surface area contributed by atoms with Crippen LogP contribution in [-0.4, -0.2) is 15.5 Å². The van der Waals surface area contributed by atoms with E-state index in [0.717, 1.165) is 0 Å². The van der Waals surface area contributed by atoms with Crippen molar-refractivity contribution in [3.05, 3.63) is 0 Å². The fraction of sp³-hybridized carbons (Fsp3) is 1.00. The molecule has 0 aliphatic rings. The molecular weight excluding hydrogens is 118 g/mol. The minimum atomic E-state index is -2.61. The number of rotatable bonds is 0. The summed E-state index contributed by atoms with van der Waals surface area (Å²) < 4.78 is 22.8. The molecule has 0 atom stereocenters. The van der Waals surface area contributed by atoms with E-state index in [1.807, 2.05) is 0 Å². The van der Waals surface area contributed by atoms with Crippen LogP contribution in [0, 0.1) is 4.78 Å². The summed E-state index contributed by atoms with van der Waals surface area (Å²) in [5.41, 5.74) is 2.25. The van der Waals surface area contributed by atoms with Gasteiger partial charge in [-0.25, -0.2) is 0 Å². The molecule has 0 heterocycles. The van der Waals surface area contributed by atoms with Crippen LogP contribution in [0.2, 0.25) is 0 Å². The molecule has 0 amide bonds. The molecule has 0 aromatic carbocycles. The summed E-state index contributed by atoms with van der Waals surface area (Å²) in [6.07, 6.45) is 0. The third-order valence-corrected chi connectivity index (χ3v) is 0. The highest BCUT2D eigenvalue weighted by Crippen LogP contribution is 1.15. The molecule has 0 fully saturated rings. The van der Waals surface area contributed by atoms with Gasteiger partial charge in [0, 0.05) is 0 Å². The van der Waals surface area contributed by atoms with E-state index < -0.39 is 10.5 Å². The van der Waals surface area contributed by atoms with Crippen LogP contribution in [0.4, 0.5) is 0 Å². The molecule has 0 bridgehead atoms. The second kappa shape index (κ2) is 9.11. The van der Waals surface area contributed by atoms with Crippen molar-refractivity contribution in [1.82, 2.24) is 5.43 Å². The van der Waals surface area contributed by atoms with Crippen LogP contribution < -0.4 is 11.3 Å². The number of nitrogens with one attached hydrogen (secondary N) is 2. The highest BCUT2D eigenvalue weighted by Gasteiger charge is 1.32. The zero-order valence-electron chi connectivity index (χ0n) is 3.80. The summed E-state index contributed by atoms with van der Waals surface area (Å²) >= 11 is 0. The molecule has 0 spiro atoms. The highest BCUT2D eigenvalue weighted by atomic mass is 32.2. The van der Waals surface area contributed by atoms with Crippen molar-refractivity contribution in [1.29, 1.82) is 4.78 Å². The van der Waals surface area contributed by atoms with Crippen LogP contribution >= 0.6 is 0 Å². The second-order valence-corrected chi connectivity index (χ2v) is 0.993. The van der Waals surface area contributed by atoms with Gasteiger partial charge in [-0.3, -0.25) is 11.3 Å². The zero-order chi connectivity index (χ0) is 6.28. The Morgan fingerprint density at radius 3 is 1.71 bits per heavy atom. The van der Waals surface area contributed by atoms with Crippen molar-refractivity contribution >= 4 is 10.5 Å². The van der Waals surface area contributed by atoms with E-state index in [1.54, 1.807) is 7.05 Å². The van der Waals surface area contributed by atoms with Gasteiger partial charge in [0.25, 0.3) is 0 Å². The Morgan fingerprint density at radius 1 is 1.71 bits per heavy atom. The van der Waals surface area contributed by atoms with Crippen LogP contribution in [0.3, 0.4) is 0 Å². The van der Waals surface area contributed by atoms with E-state index >= 15 is 0 Å². The average Bonchev–Trinajstić information content (AvgIpc) is 1.33. The van der Waals surface area contributed by atoms with Crippen molar-refractivity contribution in [2.75, 3.05) is 7.05 Å². The minimum Gasteiger partial charge on any atom is -0.272 e. The van der Waals surface area contributed by atoms with Gasteiger partial charge in [-0.2, -0.15) is 13.2 Å². The van der Waals surface area contributed by atoms with Crippen LogP contribution in [0.15, 0.2) is 0 Å². The van der Waals surface area contributed by atoms with Gasteiger partial charge in [-0.15, -0.1) is 0 Å². The summed E-state index contributed by atoms with van der Waals surface area (Å²) in [5.74, 6) is 4.60. The lowest BCUT2D eigenvalue weighted by molar-refractivity contribution is 0.620. The molecule has 0 aromatic heterocycles. The predicted octanol–water partition coefficient (Wildman–Crippen LogP) is -1.29. The van der Waals surface area contributed by atoms with Crippen LogP contribution in [0.1, 0.15) is 0 Å². The first kappa shape index (κ1) is 9.74. The summed E-state index contributed by atoms with van der Waals surface area (Å²) in [5, 5.41) is 0. The van der Waals surface area contributed by atoms with E-state index in [2.05, 4.69) is 11.3 Å². The molecule has 0 aliphatic carbocycles. The number of hydrogen-bond donors (Lipinski definition) is 3. The lowest BCUT2D eigenvalue weighted by Gasteiger charge is -1.62. The van der Waals surface area contributed by atoms with E-state index in [9.17, 15) is 0 Å². The van der Waals surface area contributed by atoms with Gasteiger partial charge in [0.2, 0.25) is 0 Å². The maximum atomic E-state index is 8.67. The van der Waals surface area contributed by atoms with Gasteiger partial charge in [-0.1, -0.05) is 0 Å². The van der Waals surface area contributed by atoms with Gasteiger partial charge >= 0.3 is 10.5 Å². The zero-order valence-corrected chi connectivity index (χ0v) is 4.62.